The van der Waals surface area contributed by atoms with E-state index in [1.165, 1.54) is 22.9 Å². The normalized spacial score (nSPS) is 11.7. The number of halogens is 1. The largest absolute Gasteiger partial charge is 0.409 e. The fourth-order valence-corrected chi connectivity index (χ4v) is 1.38. The zero-order valence-electron chi connectivity index (χ0n) is 8.21. The fourth-order valence-electron chi connectivity index (χ4n) is 1.38. The maximum absolute atomic E-state index is 13.1. The van der Waals surface area contributed by atoms with E-state index >= 15 is 0 Å². The summed E-state index contributed by atoms with van der Waals surface area (Å²) in [6.07, 6.45) is 3.26. The van der Waals surface area contributed by atoms with Gasteiger partial charge in [-0.15, -0.1) is 0 Å². The van der Waals surface area contributed by atoms with E-state index < -0.39 is 5.82 Å². The van der Waals surface area contributed by atoms with Crippen LogP contribution >= 0.6 is 0 Å². The first-order chi connectivity index (χ1) is 7.72. The predicted octanol–water partition coefficient (Wildman–Crippen LogP) is 1.11. The van der Waals surface area contributed by atoms with Crippen LogP contribution in [0.4, 0.5) is 4.39 Å². The molecule has 0 aliphatic rings. The van der Waals surface area contributed by atoms with Crippen LogP contribution in [0.15, 0.2) is 41.8 Å². The van der Waals surface area contributed by atoms with E-state index in [0.717, 1.165) is 0 Å². The van der Waals surface area contributed by atoms with Gasteiger partial charge >= 0.3 is 0 Å². The van der Waals surface area contributed by atoms with Gasteiger partial charge in [0.25, 0.3) is 0 Å². The molecule has 3 N–H and O–H groups in total. The van der Waals surface area contributed by atoms with Crippen LogP contribution in [0.2, 0.25) is 0 Å². The SMILES string of the molecule is NC(=NO)c1cc(F)ccc1-n1cccn1. The molecule has 0 amide bonds. The molecule has 1 aromatic heterocycles. The van der Waals surface area contributed by atoms with Gasteiger partial charge in [0, 0.05) is 18.0 Å². The van der Waals surface area contributed by atoms with E-state index in [1.807, 2.05) is 0 Å². The average molecular weight is 220 g/mol. The van der Waals surface area contributed by atoms with Gasteiger partial charge in [0.1, 0.15) is 5.82 Å². The van der Waals surface area contributed by atoms with Crippen molar-refractivity contribution in [3.05, 3.63) is 48.0 Å². The van der Waals surface area contributed by atoms with E-state index in [4.69, 9.17) is 10.9 Å². The monoisotopic (exact) mass is 220 g/mol. The first-order valence-electron chi connectivity index (χ1n) is 4.50. The van der Waals surface area contributed by atoms with Gasteiger partial charge in [-0.05, 0) is 24.3 Å². The van der Waals surface area contributed by atoms with Crippen LogP contribution in [0.3, 0.4) is 0 Å². The quantitative estimate of drug-likeness (QED) is 0.344. The van der Waals surface area contributed by atoms with E-state index in [1.54, 1.807) is 18.5 Å². The highest BCUT2D eigenvalue weighted by Gasteiger charge is 2.10. The third kappa shape index (κ3) is 1.72. The zero-order valence-corrected chi connectivity index (χ0v) is 8.21. The van der Waals surface area contributed by atoms with Crippen molar-refractivity contribution < 1.29 is 9.60 Å². The minimum atomic E-state index is -0.461. The lowest BCUT2D eigenvalue weighted by Crippen LogP contribution is -2.16. The van der Waals surface area contributed by atoms with E-state index in [0.29, 0.717) is 5.69 Å². The standard InChI is InChI=1S/C10H9FN4O/c11-7-2-3-9(15-5-1-4-13-15)8(6-7)10(12)14-16/h1-6,16H,(H2,12,14). The molecule has 6 heteroatoms. The number of hydrogen-bond acceptors (Lipinski definition) is 3. The van der Waals surface area contributed by atoms with Gasteiger partial charge in [-0.25, -0.2) is 9.07 Å². The molecule has 0 fully saturated rings. The first kappa shape index (κ1) is 10.2. The minimum absolute atomic E-state index is 0.162. The van der Waals surface area contributed by atoms with Gasteiger partial charge in [-0.2, -0.15) is 5.10 Å². The molecule has 0 atom stereocenters. The Morgan fingerprint density at radius 2 is 2.31 bits per heavy atom. The second-order valence-corrected chi connectivity index (χ2v) is 3.10. The van der Waals surface area contributed by atoms with Crippen molar-refractivity contribution in [3.8, 4) is 5.69 Å². The second-order valence-electron chi connectivity index (χ2n) is 3.10. The van der Waals surface area contributed by atoms with Crippen molar-refractivity contribution in [1.82, 2.24) is 9.78 Å². The summed E-state index contributed by atoms with van der Waals surface area (Å²) >= 11 is 0. The summed E-state index contributed by atoms with van der Waals surface area (Å²) in [5.41, 5.74) is 6.29. The van der Waals surface area contributed by atoms with Crippen LogP contribution in [-0.4, -0.2) is 20.8 Å². The maximum atomic E-state index is 13.1. The molecule has 0 unspecified atom stereocenters. The number of amidine groups is 1. The highest BCUT2D eigenvalue weighted by molar-refractivity contribution is 6.00. The lowest BCUT2D eigenvalue weighted by molar-refractivity contribution is 0.318. The van der Waals surface area contributed by atoms with Crippen molar-refractivity contribution >= 4 is 5.84 Å². The zero-order chi connectivity index (χ0) is 11.5. The van der Waals surface area contributed by atoms with Crippen LogP contribution in [-0.2, 0) is 0 Å². The van der Waals surface area contributed by atoms with Crippen molar-refractivity contribution in [2.75, 3.05) is 0 Å². The number of benzene rings is 1. The Labute approximate surface area is 90.6 Å². The molecule has 2 aromatic rings. The van der Waals surface area contributed by atoms with Crippen molar-refractivity contribution in [2.45, 2.75) is 0 Å². The third-order valence-corrected chi connectivity index (χ3v) is 2.09. The summed E-state index contributed by atoms with van der Waals surface area (Å²) in [5.74, 6) is -0.623. The Kier molecular flexibility index (Phi) is 2.55. The highest BCUT2D eigenvalue weighted by Crippen LogP contribution is 2.15. The van der Waals surface area contributed by atoms with Gasteiger partial charge in [0.2, 0.25) is 0 Å². The molecule has 5 nitrogen and oxygen atoms in total. The number of oxime groups is 1. The summed E-state index contributed by atoms with van der Waals surface area (Å²) in [4.78, 5) is 0. The Hall–Kier alpha value is -2.37. The van der Waals surface area contributed by atoms with Crippen LogP contribution < -0.4 is 5.73 Å². The summed E-state index contributed by atoms with van der Waals surface area (Å²) < 4.78 is 14.6. The van der Waals surface area contributed by atoms with Crippen molar-refractivity contribution in [2.24, 2.45) is 10.9 Å². The van der Waals surface area contributed by atoms with Gasteiger partial charge in [-0.3, -0.25) is 0 Å². The molecule has 2 rings (SSSR count). The number of rotatable bonds is 2. The second kappa shape index (κ2) is 4.01. The summed E-state index contributed by atoms with van der Waals surface area (Å²) in [6.45, 7) is 0. The van der Waals surface area contributed by atoms with E-state index in [9.17, 15) is 4.39 Å². The van der Waals surface area contributed by atoms with Crippen molar-refractivity contribution in [1.29, 1.82) is 0 Å². The molecule has 0 aliphatic heterocycles. The third-order valence-electron chi connectivity index (χ3n) is 2.09. The Balaban J connectivity index is 2.62. The smallest absolute Gasteiger partial charge is 0.172 e. The van der Waals surface area contributed by atoms with Gasteiger partial charge in [0.05, 0.1) is 5.69 Å². The number of hydrogen-bond donors (Lipinski definition) is 2. The first-order valence-corrected chi connectivity index (χ1v) is 4.50. The molecule has 82 valence electrons. The Bertz CT molecular complexity index is 522. The molecule has 0 spiro atoms. The fraction of sp³-hybridized carbons (Fsp3) is 0. The summed E-state index contributed by atoms with van der Waals surface area (Å²) in [7, 11) is 0. The topological polar surface area (TPSA) is 76.4 Å². The highest BCUT2D eigenvalue weighted by atomic mass is 19.1. The van der Waals surface area contributed by atoms with Crippen LogP contribution in [0, 0.1) is 5.82 Å². The van der Waals surface area contributed by atoms with Crippen LogP contribution in [0.25, 0.3) is 5.69 Å². The number of nitrogens with zero attached hydrogens (tertiary/aromatic N) is 3. The Morgan fingerprint density at radius 3 is 2.94 bits per heavy atom. The molecular formula is C10H9FN4O. The molecule has 0 aliphatic carbocycles. The summed E-state index contributed by atoms with van der Waals surface area (Å²) in [6, 6.07) is 5.70. The van der Waals surface area contributed by atoms with Crippen LogP contribution in [0.1, 0.15) is 5.56 Å². The van der Waals surface area contributed by atoms with Crippen LogP contribution in [0.5, 0.6) is 0 Å². The molecule has 0 saturated carbocycles. The predicted molar refractivity (Wildman–Crippen MR) is 56.0 cm³/mol. The van der Waals surface area contributed by atoms with Gasteiger partial charge < -0.3 is 10.9 Å². The van der Waals surface area contributed by atoms with E-state index in [-0.39, 0.29) is 11.4 Å². The summed E-state index contributed by atoms with van der Waals surface area (Å²) in [5, 5.41) is 15.5. The molecular weight excluding hydrogens is 211 g/mol. The van der Waals surface area contributed by atoms with Crippen molar-refractivity contribution in [3.63, 3.8) is 0 Å². The average Bonchev–Trinajstić information content (AvgIpc) is 2.81. The van der Waals surface area contributed by atoms with E-state index in [2.05, 4.69) is 10.3 Å². The molecule has 1 heterocycles. The maximum Gasteiger partial charge on any atom is 0.172 e. The molecule has 16 heavy (non-hydrogen) atoms. The molecule has 0 saturated heterocycles. The Morgan fingerprint density at radius 1 is 1.50 bits per heavy atom. The molecule has 0 radical (unpaired) electrons. The van der Waals surface area contributed by atoms with Gasteiger partial charge in [0.15, 0.2) is 5.84 Å². The number of nitrogens with two attached hydrogens (primary N) is 1. The molecule has 0 bridgehead atoms. The lowest BCUT2D eigenvalue weighted by Gasteiger charge is -2.08. The minimum Gasteiger partial charge on any atom is -0.409 e. The lowest BCUT2D eigenvalue weighted by atomic mass is 10.1. The van der Waals surface area contributed by atoms with Gasteiger partial charge in [-0.1, -0.05) is 5.16 Å². The number of aromatic nitrogens is 2. The molecule has 1 aromatic carbocycles.